The molecule has 21 heavy (non-hydrogen) atoms. The first-order valence-corrected chi connectivity index (χ1v) is 8.62. The molecule has 1 aromatic carbocycles. The van der Waals surface area contributed by atoms with Crippen LogP contribution in [0.5, 0.6) is 0 Å². The van der Waals surface area contributed by atoms with Crippen LogP contribution in [0, 0.1) is 6.92 Å². The minimum absolute atomic E-state index is 0.0773. The van der Waals surface area contributed by atoms with Gasteiger partial charge in [-0.3, -0.25) is 0 Å². The van der Waals surface area contributed by atoms with Crippen LogP contribution in [0.3, 0.4) is 0 Å². The molecule has 0 fully saturated rings. The maximum atomic E-state index is 4.64. The molecule has 1 N–H and O–H groups in total. The first-order valence-electron chi connectivity index (χ1n) is 7.74. The number of nitrogens with one attached hydrogen (secondary N) is 1. The molecule has 3 heteroatoms. The molecule has 0 aliphatic rings. The van der Waals surface area contributed by atoms with E-state index >= 15 is 0 Å². The predicted octanol–water partition coefficient (Wildman–Crippen LogP) is 4.34. The third kappa shape index (κ3) is 4.14. The summed E-state index contributed by atoms with van der Waals surface area (Å²) in [6.07, 6.45) is 2.13. The number of rotatable bonds is 7. The topological polar surface area (TPSA) is 24.9 Å². The molecule has 0 saturated carbocycles. The van der Waals surface area contributed by atoms with Crippen molar-refractivity contribution in [3.63, 3.8) is 0 Å². The molecule has 0 aliphatic heterocycles. The van der Waals surface area contributed by atoms with Crippen LogP contribution >= 0.6 is 11.3 Å². The average molecular weight is 302 g/mol. The van der Waals surface area contributed by atoms with Crippen molar-refractivity contribution >= 4 is 11.3 Å². The van der Waals surface area contributed by atoms with Crippen LogP contribution < -0.4 is 5.32 Å². The molecule has 0 radical (unpaired) electrons. The summed E-state index contributed by atoms with van der Waals surface area (Å²) >= 11 is 1.74. The van der Waals surface area contributed by atoms with Crippen molar-refractivity contribution in [3.8, 4) is 0 Å². The van der Waals surface area contributed by atoms with Gasteiger partial charge in [0.2, 0.25) is 0 Å². The van der Waals surface area contributed by atoms with Crippen molar-refractivity contribution in [2.24, 2.45) is 0 Å². The smallest absolute Gasteiger partial charge is 0.0897 e. The number of thiazole rings is 1. The summed E-state index contributed by atoms with van der Waals surface area (Å²) in [5.74, 6) is 0. The molecule has 0 aliphatic carbocycles. The Bertz CT molecular complexity index is 545. The standard InChI is InChI=1S/C18H26N2S/c1-5-11-19-17(12-16-13-21-14(2)20-16)18(3,4)15-9-7-6-8-10-15/h6-10,13,17,19H,5,11-12H2,1-4H3. The van der Waals surface area contributed by atoms with Crippen molar-refractivity contribution in [3.05, 3.63) is 52.0 Å². The quantitative estimate of drug-likeness (QED) is 0.823. The first kappa shape index (κ1) is 16.2. The SMILES string of the molecule is CCCNC(Cc1csc(C)n1)C(C)(C)c1ccccc1. The lowest BCUT2D eigenvalue weighted by Crippen LogP contribution is -2.46. The van der Waals surface area contributed by atoms with Crippen LogP contribution in [-0.4, -0.2) is 17.6 Å². The van der Waals surface area contributed by atoms with E-state index in [1.807, 2.05) is 0 Å². The van der Waals surface area contributed by atoms with Crippen LogP contribution in [0.4, 0.5) is 0 Å². The van der Waals surface area contributed by atoms with E-state index in [0.29, 0.717) is 6.04 Å². The van der Waals surface area contributed by atoms with Crippen LogP contribution in [0.25, 0.3) is 0 Å². The van der Waals surface area contributed by atoms with Crippen molar-refractivity contribution in [1.82, 2.24) is 10.3 Å². The van der Waals surface area contributed by atoms with E-state index in [1.165, 1.54) is 11.3 Å². The highest BCUT2D eigenvalue weighted by molar-refractivity contribution is 7.09. The van der Waals surface area contributed by atoms with Crippen molar-refractivity contribution in [2.45, 2.75) is 52.0 Å². The lowest BCUT2D eigenvalue weighted by atomic mass is 9.76. The Morgan fingerprint density at radius 2 is 1.95 bits per heavy atom. The molecule has 0 spiro atoms. The van der Waals surface area contributed by atoms with Crippen molar-refractivity contribution < 1.29 is 0 Å². The third-order valence-corrected chi connectivity index (χ3v) is 4.93. The summed E-state index contributed by atoms with van der Waals surface area (Å²) in [5.41, 5.74) is 2.66. The monoisotopic (exact) mass is 302 g/mol. The molecule has 1 aromatic heterocycles. The lowest BCUT2D eigenvalue weighted by molar-refractivity contribution is 0.336. The van der Waals surface area contributed by atoms with E-state index in [-0.39, 0.29) is 5.41 Å². The summed E-state index contributed by atoms with van der Waals surface area (Å²) in [7, 11) is 0. The van der Waals surface area contributed by atoms with Gasteiger partial charge in [0.05, 0.1) is 10.7 Å². The van der Waals surface area contributed by atoms with Gasteiger partial charge in [-0.05, 0) is 25.5 Å². The van der Waals surface area contributed by atoms with Crippen molar-refractivity contribution in [2.75, 3.05) is 6.54 Å². The maximum absolute atomic E-state index is 4.64. The van der Waals surface area contributed by atoms with Crippen LogP contribution in [0.1, 0.15) is 43.5 Å². The molecular formula is C18H26N2S. The minimum atomic E-state index is 0.0773. The van der Waals surface area contributed by atoms with E-state index in [9.17, 15) is 0 Å². The highest BCUT2D eigenvalue weighted by atomic mass is 32.1. The number of aromatic nitrogens is 1. The fourth-order valence-electron chi connectivity index (χ4n) is 2.68. The van der Waals surface area contributed by atoms with Gasteiger partial charge < -0.3 is 5.32 Å². The van der Waals surface area contributed by atoms with Gasteiger partial charge in [-0.1, -0.05) is 51.1 Å². The Balaban J connectivity index is 2.21. The van der Waals surface area contributed by atoms with Gasteiger partial charge in [0.25, 0.3) is 0 Å². The van der Waals surface area contributed by atoms with Crippen LogP contribution in [0.2, 0.25) is 0 Å². The molecule has 1 atom stereocenters. The molecule has 0 bridgehead atoms. The first-order chi connectivity index (χ1) is 10.0. The molecule has 2 aromatic rings. The zero-order chi connectivity index (χ0) is 15.3. The normalized spacial score (nSPS) is 13.3. The van der Waals surface area contributed by atoms with Crippen LogP contribution in [0.15, 0.2) is 35.7 Å². The zero-order valence-electron chi connectivity index (χ0n) is 13.5. The number of hydrogen-bond donors (Lipinski definition) is 1. The molecule has 1 unspecified atom stereocenters. The molecular weight excluding hydrogens is 276 g/mol. The molecule has 0 amide bonds. The molecule has 0 saturated heterocycles. The number of aryl methyl sites for hydroxylation is 1. The fourth-order valence-corrected chi connectivity index (χ4v) is 3.31. The second kappa shape index (κ2) is 7.19. The summed E-state index contributed by atoms with van der Waals surface area (Å²) in [4.78, 5) is 4.64. The maximum Gasteiger partial charge on any atom is 0.0897 e. The number of hydrogen-bond acceptors (Lipinski definition) is 3. The fraction of sp³-hybridized carbons (Fsp3) is 0.500. The number of nitrogens with zero attached hydrogens (tertiary/aromatic N) is 1. The Labute approximate surface area is 132 Å². The van der Waals surface area contributed by atoms with Gasteiger partial charge in [0, 0.05) is 23.3 Å². The highest BCUT2D eigenvalue weighted by Gasteiger charge is 2.31. The van der Waals surface area contributed by atoms with E-state index in [0.717, 1.165) is 24.4 Å². The lowest BCUT2D eigenvalue weighted by Gasteiger charge is -2.35. The largest absolute Gasteiger partial charge is 0.313 e. The average Bonchev–Trinajstić information content (AvgIpc) is 2.89. The van der Waals surface area contributed by atoms with Gasteiger partial charge >= 0.3 is 0 Å². The van der Waals surface area contributed by atoms with Gasteiger partial charge in [0.15, 0.2) is 0 Å². The second-order valence-corrected chi connectivity index (χ2v) is 7.22. The highest BCUT2D eigenvalue weighted by Crippen LogP contribution is 2.29. The van der Waals surface area contributed by atoms with Crippen molar-refractivity contribution in [1.29, 1.82) is 0 Å². The molecule has 2 rings (SSSR count). The Hall–Kier alpha value is -1.19. The Morgan fingerprint density at radius 3 is 2.52 bits per heavy atom. The minimum Gasteiger partial charge on any atom is -0.313 e. The summed E-state index contributed by atoms with van der Waals surface area (Å²) in [6.45, 7) is 9.99. The molecule has 114 valence electrons. The number of benzene rings is 1. The molecule has 2 nitrogen and oxygen atoms in total. The second-order valence-electron chi connectivity index (χ2n) is 6.16. The van der Waals surface area contributed by atoms with Gasteiger partial charge in [-0.15, -0.1) is 11.3 Å². The van der Waals surface area contributed by atoms with Gasteiger partial charge in [0.1, 0.15) is 0 Å². The summed E-state index contributed by atoms with van der Waals surface area (Å²) in [6, 6.07) is 11.2. The Morgan fingerprint density at radius 1 is 1.24 bits per heavy atom. The van der Waals surface area contributed by atoms with E-state index < -0.39 is 0 Å². The van der Waals surface area contributed by atoms with E-state index in [1.54, 1.807) is 11.3 Å². The van der Waals surface area contributed by atoms with Gasteiger partial charge in [-0.2, -0.15) is 0 Å². The zero-order valence-corrected chi connectivity index (χ0v) is 14.3. The van der Waals surface area contributed by atoms with Crippen LogP contribution in [-0.2, 0) is 11.8 Å². The molecule has 1 heterocycles. The van der Waals surface area contributed by atoms with Gasteiger partial charge in [-0.25, -0.2) is 4.98 Å². The summed E-state index contributed by atoms with van der Waals surface area (Å²) in [5, 5.41) is 7.07. The summed E-state index contributed by atoms with van der Waals surface area (Å²) < 4.78 is 0. The van der Waals surface area contributed by atoms with E-state index in [4.69, 9.17) is 0 Å². The van der Waals surface area contributed by atoms with E-state index in [2.05, 4.69) is 73.7 Å². The predicted molar refractivity (Wildman–Crippen MR) is 92.1 cm³/mol. The Kier molecular flexibility index (Phi) is 5.54. The third-order valence-electron chi connectivity index (χ3n) is 4.11.